The number of nitrogens with zero attached hydrogens (tertiary/aromatic N) is 1. The van der Waals surface area contributed by atoms with E-state index in [2.05, 4.69) is 10.3 Å². The van der Waals surface area contributed by atoms with Crippen LogP contribution in [0.5, 0.6) is 5.75 Å². The van der Waals surface area contributed by atoms with Crippen LogP contribution in [0.2, 0.25) is 0 Å². The van der Waals surface area contributed by atoms with E-state index in [-0.39, 0.29) is 0 Å². The first kappa shape index (κ1) is 12.4. The van der Waals surface area contributed by atoms with Gasteiger partial charge in [0.2, 0.25) is 0 Å². The fourth-order valence-electron chi connectivity index (χ4n) is 1.31. The Morgan fingerprint density at radius 2 is 2.25 bits per heavy atom. The van der Waals surface area contributed by atoms with Crippen LogP contribution in [-0.2, 0) is 6.54 Å². The van der Waals surface area contributed by atoms with Crippen molar-refractivity contribution in [1.29, 1.82) is 0 Å². The number of hydrogen-bond acceptors (Lipinski definition) is 2. The summed E-state index contributed by atoms with van der Waals surface area (Å²) in [6.45, 7) is 5.98. The monoisotopic (exact) mass is 221 g/mol. The van der Waals surface area contributed by atoms with E-state index in [1.54, 1.807) is 0 Å². The maximum Gasteiger partial charge on any atom is 0.188 e. The molecule has 0 saturated heterocycles. The molecule has 0 saturated carbocycles. The zero-order valence-corrected chi connectivity index (χ0v) is 9.86. The van der Waals surface area contributed by atoms with Gasteiger partial charge in [-0.2, -0.15) is 0 Å². The van der Waals surface area contributed by atoms with E-state index in [4.69, 9.17) is 10.5 Å². The first-order chi connectivity index (χ1) is 7.76. The number of benzene rings is 1. The fourth-order valence-corrected chi connectivity index (χ4v) is 1.31. The Morgan fingerprint density at radius 3 is 2.94 bits per heavy atom. The van der Waals surface area contributed by atoms with E-state index in [1.165, 1.54) is 0 Å². The molecule has 0 fully saturated rings. The molecule has 0 unspecified atom stereocenters. The second-order valence-corrected chi connectivity index (χ2v) is 3.31. The Bertz CT molecular complexity index is 350. The minimum atomic E-state index is 0.476. The molecule has 1 rings (SSSR count). The van der Waals surface area contributed by atoms with E-state index in [1.807, 2.05) is 38.1 Å². The van der Waals surface area contributed by atoms with Crippen LogP contribution in [-0.4, -0.2) is 19.1 Å². The molecule has 0 aliphatic rings. The van der Waals surface area contributed by atoms with Crippen molar-refractivity contribution in [2.24, 2.45) is 10.7 Å². The van der Waals surface area contributed by atoms with Crippen LogP contribution < -0.4 is 15.8 Å². The van der Waals surface area contributed by atoms with Gasteiger partial charge in [-0.25, -0.2) is 4.99 Å². The highest BCUT2D eigenvalue weighted by Gasteiger charge is 1.96. The average Bonchev–Trinajstić information content (AvgIpc) is 2.28. The number of ether oxygens (including phenoxy) is 1. The molecular formula is C12H19N3O. The summed E-state index contributed by atoms with van der Waals surface area (Å²) in [5.74, 6) is 1.35. The maximum absolute atomic E-state index is 5.64. The Hall–Kier alpha value is -1.71. The van der Waals surface area contributed by atoms with Crippen LogP contribution in [0.15, 0.2) is 29.3 Å². The Morgan fingerprint density at radius 1 is 1.44 bits per heavy atom. The van der Waals surface area contributed by atoms with Crippen molar-refractivity contribution < 1.29 is 4.74 Å². The largest absolute Gasteiger partial charge is 0.494 e. The van der Waals surface area contributed by atoms with Crippen LogP contribution in [0.25, 0.3) is 0 Å². The standard InChI is InChI=1S/C12H19N3O/c1-3-14-12(13)15-9-10-6-5-7-11(8-10)16-4-2/h5-8H,3-4,9H2,1-2H3,(H3,13,14,15). The lowest BCUT2D eigenvalue weighted by atomic mass is 10.2. The van der Waals surface area contributed by atoms with Crippen molar-refractivity contribution in [3.05, 3.63) is 29.8 Å². The van der Waals surface area contributed by atoms with Gasteiger partial charge in [-0.1, -0.05) is 12.1 Å². The summed E-state index contributed by atoms with van der Waals surface area (Å²) in [5, 5.41) is 2.95. The third-order valence-corrected chi connectivity index (χ3v) is 2.00. The van der Waals surface area contributed by atoms with Crippen LogP contribution in [0.3, 0.4) is 0 Å². The summed E-state index contributed by atoms with van der Waals surface area (Å²) in [4.78, 5) is 4.21. The second kappa shape index (κ2) is 6.71. The normalized spacial score (nSPS) is 11.2. The lowest BCUT2D eigenvalue weighted by Crippen LogP contribution is -2.31. The van der Waals surface area contributed by atoms with E-state index in [0.717, 1.165) is 17.9 Å². The van der Waals surface area contributed by atoms with Crippen LogP contribution in [0.1, 0.15) is 19.4 Å². The van der Waals surface area contributed by atoms with Gasteiger partial charge in [0, 0.05) is 6.54 Å². The summed E-state index contributed by atoms with van der Waals surface area (Å²) >= 11 is 0. The SMILES string of the molecule is CCNC(N)=NCc1cccc(OCC)c1. The van der Waals surface area contributed by atoms with E-state index < -0.39 is 0 Å². The minimum absolute atomic E-state index is 0.476. The summed E-state index contributed by atoms with van der Waals surface area (Å²) in [6, 6.07) is 7.88. The van der Waals surface area contributed by atoms with Gasteiger partial charge in [0.1, 0.15) is 5.75 Å². The van der Waals surface area contributed by atoms with Gasteiger partial charge < -0.3 is 15.8 Å². The summed E-state index contributed by atoms with van der Waals surface area (Å²) < 4.78 is 5.41. The minimum Gasteiger partial charge on any atom is -0.494 e. The molecule has 88 valence electrons. The van der Waals surface area contributed by atoms with Crippen molar-refractivity contribution >= 4 is 5.96 Å². The van der Waals surface area contributed by atoms with Gasteiger partial charge >= 0.3 is 0 Å². The van der Waals surface area contributed by atoms with Gasteiger partial charge in [-0.05, 0) is 31.5 Å². The highest BCUT2D eigenvalue weighted by Crippen LogP contribution is 2.13. The highest BCUT2D eigenvalue weighted by molar-refractivity contribution is 5.77. The molecule has 0 aliphatic heterocycles. The van der Waals surface area contributed by atoms with Crippen molar-refractivity contribution in [2.45, 2.75) is 20.4 Å². The van der Waals surface area contributed by atoms with Crippen LogP contribution in [0, 0.1) is 0 Å². The number of guanidine groups is 1. The van der Waals surface area contributed by atoms with Crippen molar-refractivity contribution in [3.8, 4) is 5.75 Å². The molecule has 1 aromatic carbocycles. The zero-order chi connectivity index (χ0) is 11.8. The molecule has 0 aliphatic carbocycles. The Balaban J connectivity index is 2.59. The molecule has 0 atom stereocenters. The van der Waals surface area contributed by atoms with Gasteiger partial charge in [0.05, 0.1) is 13.2 Å². The maximum atomic E-state index is 5.64. The van der Waals surface area contributed by atoms with Gasteiger partial charge in [0.15, 0.2) is 5.96 Å². The number of hydrogen-bond donors (Lipinski definition) is 2. The average molecular weight is 221 g/mol. The third-order valence-electron chi connectivity index (χ3n) is 2.00. The topological polar surface area (TPSA) is 59.6 Å². The van der Waals surface area contributed by atoms with Crippen molar-refractivity contribution in [2.75, 3.05) is 13.2 Å². The Labute approximate surface area is 96.5 Å². The smallest absolute Gasteiger partial charge is 0.188 e. The Kier molecular flexibility index (Phi) is 5.19. The predicted molar refractivity (Wildman–Crippen MR) is 66.6 cm³/mol. The van der Waals surface area contributed by atoms with E-state index in [9.17, 15) is 0 Å². The van der Waals surface area contributed by atoms with Crippen LogP contribution in [0.4, 0.5) is 0 Å². The molecule has 3 N–H and O–H groups in total. The quantitative estimate of drug-likeness (QED) is 0.585. The first-order valence-electron chi connectivity index (χ1n) is 5.51. The summed E-state index contributed by atoms with van der Waals surface area (Å²) in [5.41, 5.74) is 6.73. The van der Waals surface area contributed by atoms with Gasteiger partial charge in [-0.3, -0.25) is 0 Å². The van der Waals surface area contributed by atoms with Crippen molar-refractivity contribution in [1.82, 2.24) is 5.32 Å². The van der Waals surface area contributed by atoms with Gasteiger partial charge in [-0.15, -0.1) is 0 Å². The molecule has 1 aromatic rings. The number of nitrogens with one attached hydrogen (secondary N) is 1. The third kappa shape index (κ3) is 4.21. The van der Waals surface area contributed by atoms with E-state index in [0.29, 0.717) is 19.1 Å². The molecule has 4 heteroatoms. The number of nitrogens with two attached hydrogens (primary N) is 1. The number of rotatable bonds is 5. The lowest BCUT2D eigenvalue weighted by Gasteiger charge is -2.05. The van der Waals surface area contributed by atoms with Gasteiger partial charge in [0.25, 0.3) is 0 Å². The molecule has 0 bridgehead atoms. The highest BCUT2D eigenvalue weighted by atomic mass is 16.5. The summed E-state index contributed by atoms with van der Waals surface area (Å²) in [6.07, 6.45) is 0. The first-order valence-corrected chi connectivity index (χ1v) is 5.51. The fraction of sp³-hybridized carbons (Fsp3) is 0.417. The molecule has 0 amide bonds. The molecule has 0 radical (unpaired) electrons. The van der Waals surface area contributed by atoms with Crippen LogP contribution >= 0.6 is 0 Å². The molecular weight excluding hydrogens is 202 g/mol. The van der Waals surface area contributed by atoms with E-state index >= 15 is 0 Å². The lowest BCUT2D eigenvalue weighted by molar-refractivity contribution is 0.340. The molecule has 0 spiro atoms. The molecule has 0 heterocycles. The van der Waals surface area contributed by atoms with Crippen molar-refractivity contribution in [3.63, 3.8) is 0 Å². The molecule has 4 nitrogen and oxygen atoms in total. The predicted octanol–water partition coefficient (Wildman–Crippen LogP) is 1.51. The zero-order valence-electron chi connectivity index (χ0n) is 9.86. The second-order valence-electron chi connectivity index (χ2n) is 3.31. The molecule has 0 aromatic heterocycles. The number of aliphatic imine (C=N–C) groups is 1. The summed E-state index contributed by atoms with van der Waals surface area (Å²) in [7, 11) is 0. The molecule has 16 heavy (non-hydrogen) atoms.